The largest absolute Gasteiger partial charge is 0.394 e. The molecule has 30 heavy (non-hydrogen) atoms. The Morgan fingerprint density at radius 3 is 2.23 bits per heavy atom. The Balaban J connectivity index is 0.000000310. The van der Waals surface area contributed by atoms with E-state index in [-0.39, 0.29) is 24.6 Å². The van der Waals surface area contributed by atoms with E-state index in [0.717, 1.165) is 23.4 Å². The predicted molar refractivity (Wildman–Crippen MR) is 121 cm³/mol. The first-order chi connectivity index (χ1) is 14.5. The predicted octanol–water partition coefficient (Wildman–Crippen LogP) is 5.30. The molecule has 160 valence electrons. The van der Waals surface area contributed by atoms with Gasteiger partial charge in [0, 0.05) is 16.5 Å². The maximum Gasteiger partial charge on any atom is 0.252 e. The molecule has 2 fully saturated rings. The van der Waals surface area contributed by atoms with Gasteiger partial charge in [-0.25, -0.2) is 0 Å². The summed E-state index contributed by atoms with van der Waals surface area (Å²) >= 11 is 11.5. The zero-order chi connectivity index (χ0) is 21.5. The Hall–Kier alpha value is -1.85. The highest BCUT2D eigenvalue weighted by Gasteiger charge is 2.45. The zero-order valence-electron chi connectivity index (χ0n) is 16.8. The number of carbonyl (C=O) groups is 1. The highest BCUT2D eigenvalue weighted by Crippen LogP contribution is 2.40. The van der Waals surface area contributed by atoms with Crippen LogP contribution in [-0.2, 0) is 9.53 Å². The van der Waals surface area contributed by atoms with E-state index >= 15 is 0 Å². The van der Waals surface area contributed by atoms with Crippen molar-refractivity contribution >= 4 is 29.1 Å². The number of rotatable bonds is 6. The molecule has 0 radical (unpaired) electrons. The second-order valence-electron chi connectivity index (χ2n) is 7.54. The van der Waals surface area contributed by atoms with Crippen molar-refractivity contribution in [3.63, 3.8) is 0 Å². The van der Waals surface area contributed by atoms with Crippen molar-refractivity contribution in [1.82, 2.24) is 4.90 Å². The fourth-order valence-electron chi connectivity index (χ4n) is 3.70. The van der Waals surface area contributed by atoms with Gasteiger partial charge in [0.25, 0.3) is 5.91 Å². The number of morpholine rings is 1. The summed E-state index contributed by atoms with van der Waals surface area (Å²) in [5, 5.41) is 11.3. The summed E-state index contributed by atoms with van der Waals surface area (Å²) in [5.41, 5.74) is 0.985. The Morgan fingerprint density at radius 1 is 1.10 bits per heavy atom. The lowest BCUT2D eigenvalue weighted by molar-refractivity contribution is -0.166. The summed E-state index contributed by atoms with van der Waals surface area (Å²) in [4.78, 5) is 14.8. The number of aliphatic hydroxyl groups excluding tert-OH is 1. The molecule has 6 heteroatoms. The van der Waals surface area contributed by atoms with Gasteiger partial charge in [-0.2, -0.15) is 0 Å². The summed E-state index contributed by atoms with van der Waals surface area (Å²) in [6.07, 6.45) is 3.83. The molecule has 1 saturated heterocycles. The average molecular weight is 448 g/mol. The topological polar surface area (TPSA) is 49.8 Å². The van der Waals surface area contributed by atoms with E-state index in [0.29, 0.717) is 24.0 Å². The molecule has 2 aromatic rings. The first kappa shape index (κ1) is 22.8. The van der Waals surface area contributed by atoms with Crippen LogP contribution in [0, 0.1) is 5.92 Å². The number of aliphatic hydroxyl groups is 1. The minimum Gasteiger partial charge on any atom is -0.394 e. The molecule has 2 aromatic carbocycles. The molecule has 0 aromatic heterocycles. The van der Waals surface area contributed by atoms with Crippen LogP contribution in [0.1, 0.15) is 30.9 Å². The maximum absolute atomic E-state index is 12.9. The Labute approximate surface area is 188 Å². The molecule has 1 aliphatic carbocycles. The van der Waals surface area contributed by atoms with Crippen LogP contribution in [0.3, 0.4) is 0 Å². The molecule has 1 saturated carbocycles. The molecule has 2 aliphatic rings. The number of amides is 1. The van der Waals surface area contributed by atoms with Gasteiger partial charge in [0.05, 0.1) is 25.3 Å². The molecule has 0 bridgehead atoms. The van der Waals surface area contributed by atoms with Crippen molar-refractivity contribution in [2.75, 3.05) is 13.2 Å². The monoisotopic (exact) mass is 447 g/mol. The van der Waals surface area contributed by atoms with Crippen LogP contribution in [0.15, 0.2) is 67.3 Å². The van der Waals surface area contributed by atoms with Crippen molar-refractivity contribution in [2.24, 2.45) is 5.92 Å². The standard InChI is InChI=1S/C18H22ClNO3.C6H5Cl/c1-2-3-17-18(22)20(15(10-21)12-4-5-12)16(11-23-17)13-6-8-14(19)9-7-13;7-6-4-2-1-3-5-6/h2,6-9,12,15-17,21H,1,3-5,10-11H2;1-5H/t15?,16?,17-;/m0./s1. The van der Waals surface area contributed by atoms with Gasteiger partial charge in [-0.3, -0.25) is 4.79 Å². The van der Waals surface area contributed by atoms with Crippen LogP contribution in [-0.4, -0.2) is 41.3 Å². The van der Waals surface area contributed by atoms with Crippen LogP contribution in [0.4, 0.5) is 0 Å². The lowest BCUT2D eigenvalue weighted by Crippen LogP contribution is -2.55. The fourth-order valence-corrected chi connectivity index (χ4v) is 3.97. The van der Waals surface area contributed by atoms with Crippen LogP contribution in [0.25, 0.3) is 0 Å². The van der Waals surface area contributed by atoms with Crippen molar-refractivity contribution in [3.05, 3.63) is 82.9 Å². The Kier molecular flexibility index (Phi) is 8.34. The maximum atomic E-state index is 12.9. The molecule has 2 unspecified atom stereocenters. The van der Waals surface area contributed by atoms with E-state index < -0.39 is 6.10 Å². The van der Waals surface area contributed by atoms with Gasteiger partial charge in [-0.05, 0) is 48.6 Å². The summed E-state index contributed by atoms with van der Waals surface area (Å²) < 4.78 is 5.78. The number of benzene rings is 2. The minimum atomic E-state index is -0.496. The second kappa shape index (κ2) is 11.0. The average Bonchev–Trinajstić information content (AvgIpc) is 3.58. The molecule has 0 spiro atoms. The quantitative estimate of drug-likeness (QED) is 0.611. The number of carbonyl (C=O) groups excluding carboxylic acids is 1. The van der Waals surface area contributed by atoms with Gasteiger partial charge in [0.15, 0.2) is 0 Å². The third-order valence-electron chi connectivity index (χ3n) is 5.40. The van der Waals surface area contributed by atoms with Gasteiger partial charge < -0.3 is 14.7 Å². The second-order valence-corrected chi connectivity index (χ2v) is 8.42. The summed E-state index contributed by atoms with van der Waals surface area (Å²) in [6, 6.07) is 16.6. The molecule has 1 amide bonds. The normalized spacial score (nSPS) is 22.1. The zero-order valence-corrected chi connectivity index (χ0v) is 18.3. The van der Waals surface area contributed by atoms with E-state index in [1.54, 1.807) is 6.08 Å². The Morgan fingerprint density at radius 2 is 1.73 bits per heavy atom. The van der Waals surface area contributed by atoms with E-state index in [1.165, 1.54) is 0 Å². The minimum absolute atomic E-state index is 0.0126. The Bertz CT molecular complexity index is 824. The third kappa shape index (κ3) is 5.86. The molecule has 1 N–H and O–H groups in total. The number of hydrogen-bond acceptors (Lipinski definition) is 3. The molecular weight excluding hydrogens is 421 g/mol. The summed E-state index contributed by atoms with van der Waals surface area (Å²) in [6.45, 7) is 4.11. The van der Waals surface area contributed by atoms with Crippen molar-refractivity contribution in [3.8, 4) is 0 Å². The van der Waals surface area contributed by atoms with Crippen LogP contribution in [0.2, 0.25) is 10.0 Å². The number of ether oxygens (including phenoxy) is 1. The molecular formula is C24H27Cl2NO3. The third-order valence-corrected chi connectivity index (χ3v) is 5.90. The van der Waals surface area contributed by atoms with Gasteiger partial charge in [-0.15, -0.1) is 6.58 Å². The van der Waals surface area contributed by atoms with E-state index in [9.17, 15) is 9.90 Å². The first-order valence-electron chi connectivity index (χ1n) is 10.2. The highest BCUT2D eigenvalue weighted by atomic mass is 35.5. The van der Waals surface area contributed by atoms with Crippen LogP contribution >= 0.6 is 23.2 Å². The van der Waals surface area contributed by atoms with Crippen molar-refractivity contribution < 1.29 is 14.6 Å². The summed E-state index contributed by atoms with van der Waals surface area (Å²) in [7, 11) is 0. The van der Waals surface area contributed by atoms with Gasteiger partial charge in [-0.1, -0.05) is 59.6 Å². The molecule has 4 rings (SSSR count). The molecule has 1 aliphatic heterocycles. The fraction of sp³-hybridized carbons (Fsp3) is 0.375. The van der Waals surface area contributed by atoms with Crippen molar-refractivity contribution in [1.29, 1.82) is 0 Å². The lowest BCUT2D eigenvalue weighted by Gasteiger charge is -2.43. The van der Waals surface area contributed by atoms with Crippen LogP contribution in [0.5, 0.6) is 0 Å². The molecule has 1 heterocycles. The van der Waals surface area contributed by atoms with E-state index in [2.05, 4.69) is 6.58 Å². The lowest BCUT2D eigenvalue weighted by atomic mass is 9.98. The van der Waals surface area contributed by atoms with Crippen LogP contribution < -0.4 is 0 Å². The molecule has 4 nitrogen and oxygen atoms in total. The van der Waals surface area contributed by atoms with E-state index in [4.69, 9.17) is 27.9 Å². The summed E-state index contributed by atoms with van der Waals surface area (Å²) in [5.74, 6) is 0.336. The smallest absolute Gasteiger partial charge is 0.252 e. The number of nitrogens with zero attached hydrogens (tertiary/aromatic N) is 1. The number of halogens is 2. The van der Waals surface area contributed by atoms with Gasteiger partial charge >= 0.3 is 0 Å². The van der Waals surface area contributed by atoms with Crippen molar-refractivity contribution in [2.45, 2.75) is 37.5 Å². The SMILES string of the molecule is C=CC[C@@H]1OCC(c2ccc(Cl)cc2)N(C(CO)C2CC2)C1=O.Clc1ccccc1. The van der Waals surface area contributed by atoms with Gasteiger partial charge in [0.1, 0.15) is 6.10 Å². The number of hydrogen-bond donors (Lipinski definition) is 1. The van der Waals surface area contributed by atoms with E-state index in [1.807, 2.05) is 59.5 Å². The first-order valence-corrected chi connectivity index (χ1v) is 10.9. The highest BCUT2D eigenvalue weighted by molar-refractivity contribution is 6.30. The molecule has 3 atom stereocenters. The van der Waals surface area contributed by atoms with Gasteiger partial charge in [0.2, 0.25) is 0 Å².